The van der Waals surface area contributed by atoms with Crippen molar-refractivity contribution < 1.29 is 14.3 Å². The van der Waals surface area contributed by atoms with Crippen molar-refractivity contribution in [3.63, 3.8) is 0 Å². The van der Waals surface area contributed by atoms with Crippen LogP contribution in [0.25, 0.3) is 6.08 Å². The van der Waals surface area contributed by atoms with Crippen molar-refractivity contribution in [2.75, 3.05) is 13.7 Å². The summed E-state index contributed by atoms with van der Waals surface area (Å²) in [4.78, 5) is 10.9. The summed E-state index contributed by atoms with van der Waals surface area (Å²) >= 11 is 0. The van der Waals surface area contributed by atoms with E-state index in [0.717, 1.165) is 11.3 Å². The van der Waals surface area contributed by atoms with Crippen LogP contribution in [0.5, 0.6) is 11.5 Å². The third kappa shape index (κ3) is 1.79. The number of hydrogen-bond donors (Lipinski definition) is 1. The zero-order valence-electron chi connectivity index (χ0n) is 8.32. The van der Waals surface area contributed by atoms with Gasteiger partial charge in [-0.05, 0) is 18.2 Å². The molecule has 0 atom stereocenters. The molecule has 1 amide bonds. The van der Waals surface area contributed by atoms with Crippen LogP contribution in [0.3, 0.4) is 0 Å². The van der Waals surface area contributed by atoms with Gasteiger partial charge in [0.15, 0.2) is 0 Å². The summed E-state index contributed by atoms with van der Waals surface area (Å²) in [5.41, 5.74) is 6.49. The summed E-state index contributed by atoms with van der Waals surface area (Å²) in [5, 5.41) is 0. The second-order valence-electron chi connectivity index (χ2n) is 3.23. The van der Waals surface area contributed by atoms with Crippen molar-refractivity contribution in [3.8, 4) is 11.5 Å². The smallest absolute Gasteiger partial charge is 0.248 e. The van der Waals surface area contributed by atoms with Crippen molar-refractivity contribution >= 4 is 12.0 Å². The molecule has 1 aromatic rings. The second-order valence-corrected chi connectivity index (χ2v) is 3.23. The van der Waals surface area contributed by atoms with Crippen LogP contribution < -0.4 is 15.2 Å². The average Bonchev–Trinajstić information content (AvgIpc) is 2.27. The first kappa shape index (κ1) is 9.58. The van der Waals surface area contributed by atoms with E-state index in [-0.39, 0.29) is 6.61 Å². The molecule has 2 rings (SSSR count). The summed E-state index contributed by atoms with van der Waals surface area (Å²) in [6.07, 6.45) is 1.74. The van der Waals surface area contributed by atoms with E-state index in [2.05, 4.69) is 0 Å². The number of rotatable bonds is 2. The van der Waals surface area contributed by atoms with Gasteiger partial charge < -0.3 is 15.2 Å². The molecule has 4 heteroatoms. The molecule has 0 saturated carbocycles. The Bertz CT molecular complexity index is 437. The molecule has 0 fully saturated rings. The van der Waals surface area contributed by atoms with Crippen molar-refractivity contribution in [1.29, 1.82) is 0 Å². The van der Waals surface area contributed by atoms with Gasteiger partial charge in [-0.1, -0.05) is 0 Å². The number of carbonyl (C=O) groups excluding carboxylic acids is 1. The van der Waals surface area contributed by atoms with Gasteiger partial charge in [0.1, 0.15) is 18.1 Å². The fourth-order valence-corrected chi connectivity index (χ4v) is 1.41. The summed E-state index contributed by atoms with van der Waals surface area (Å²) in [5.74, 6) is 0.987. The maximum Gasteiger partial charge on any atom is 0.248 e. The van der Waals surface area contributed by atoms with Gasteiger partial charge in [0, 0.05) is 11.6 Å². The number of carbonyl (C=O) groups is 1. The number of benzene rings is 1. The Kier molecular flexibility index (Phi) is 2.33. The quantitative estimate of drug-likeness (QED) is 0.782. The zero-order chi connectivity index (χ0) is 10.8. The van der Waals surface area contributed by atoms with Crippen molar-refractivity contribution in [1.82, 2.24) is 0 Å². The number of hydrogen-bond acceptors (Lipinski definition) is 3. The fraction of sp³-hybridized carbons (Fsp3) is 0.182. The van der Waals surface area contributed by atoms with Gasteiger partial charge in [-0.3, -0.25) is 4.79 Å². The van der Waals surface area contributed by atoms with Gasteiger partial charge in [-0.15, -0.1) is 0 Å². The van der Waals surface area contributed by atoms with Crippen LogP contribution in [0.2, 0.25) is 0 Å². The molecule has 4 nitrogen and oxygen atoms in total. The third-order valence-corrected chi connectivity index (χ3v) is 2.25. The standard InChI is InChI=1S/C11H11NO3/c1-14-9-3-2-7-4-8(11(12)13)6-15-10(7)5-9/h2-5H,6H2,1H3,(H2,12,13). The first-order valence-corrected chi connectivity index (χ1v) is 4.52. The highest BCUT2D eigenvalue weighted by molar-refractivity contribution is 5.97. The monoisotopic (exact) mass is 205 g/mol. The fourth-order valence-electron chi connectivity index (χ4n) is 1.41. The van der Waals surface area contributed by atoms with Crippen LogP contribution in [0, 0.1) is 0 Å². The minimum atomic E-state index is -0.448. The Hall–Kier alpha value is -1.97. The van der Waals surface area contributed by atoms with Crippen LogP contribution in [0.15, 0.2) is 23.8 Å². The summed E-state index contributed by atoms with van der Waals surface area (Å²) in [6.45, 7) is 0.218. The van der Waals surface area contributed by atoms with Crippen LogP contribution in [-0.4, -0.2) is 19.6 Å². The van der Waals surface area contributed by atoms with E-state index >= 15 is 0 Å². The van der Waals surface area contributed by atoms with Crippen molar-refractivity contribution in [2.45, 2.75) is 0 Å². The zero-order valence-corrected chi connectivity index (χ0v) is 8.32. The minimum Gasteiger partial charge on any atom is -0.497 e. The lowest BCUT2D eigenvalue weighted by Crippen LogP contribution is -2.21. The van der Waals surface area contributed by atoms with E-state index < -0.39 is 5.91 Å². The van der Waals surface area contributed by atoms with Gasteiger partial charge in [0.05, 0.1) is 12.7 Å². The van der Waals surface area contributed by atoms with Gasteiger partial charge in [-0.2, -0.15) is 0 Å². The molecule has 1 aromatic carbocycles. The van der Waals surface area contributed by atoms with E-state index in [1.54, 1.807) is 19.3 Å². The van der Waals surface area contributed by atoms with Crippen LogP contribution >= 0.6 is 0 Å². The number of methoxy groups -OCH3 is 1. The van der Waals surface area contributed by atoms with E-state index in [4.69, 9.17) is 15.2 Å². The topological polar surface area (TPSA) is 61.6 Å². The number of nitrogens with two attached hydrogens (primary N) is 1. The van der Waals surface area contributed by atoms with Crippen LogP contribution in [0.4, 0.5) is 0 Å². The summed E-state index contributed by atoms with van der Waals surface area (Å²) in [6, 6.07) is 5.42. The Morgan fingerprint density at radius 2 is 2.33 bits per heavy atom. The Balaban J connectivity index is 2.40. The van der Waals surface area contributed by atoms with E-state index in [9.17, 15) is 4.79 Å². The molecule has 1 aliphatic rings. The highest BCUT2D eigenvalue weighted by Gasteiger charge is 2.15. The number of fused-ring (bicyclic) bond motifs is 1. The predicted octanol–water partition coefficient (Wildman–Crippen LogP) is 0.956. The van der Waals surface area contributed by atoms with Crippen LogP contribution in [0.1, 0.15) is 5.56 Å². The highest BCUT2D eigenvalue weighted by Crippen LogP contribution is 2.29. The predicted molar refractivity (Wildman–Crippen MR) is 55.7 cm³/mol. The minimum absolute atomic E-state index is 0.218. The molecule has 2 N–H and O–H groups in total. The number of ether oxygens (including phenoxy) is 2. The number of primary amides is 1. The molecule has 1 aliphatic heterocycles. The molecule has 0 unspecified atom stereocenters. The van der Waals surface area contributed by atoms with Gasteiger partial charge >= 0.3 is 0 Å². The first-order valence-electron chi connectivity index (χ1n) is 4.52. The molecule has 1 heterocycles. The summed E-state index contributed by atoms with van der Waals surface area (Å²) in [7, 11) is 1.59. The maximum absolute atomic E-state index is 10.9. The second kappa shape index (κ2) is 3.65. The third-order valence-electron chi connectivity index (χ3n) is 2.25. The molecule has 0 saturated heterocycles. The Labute approximate surface area is 87.3 Å². The maximum atomic E-state index is 10.9. The van der Waals surface area contributed by atoms with E-state index in [1.165, 1.54) is 0 Å². The molecular formula is C11H11NO3. The number of amides is 1. The van der Waals surface area contributed by atoms with Gasteiger partial charge in [0.2, 0.25) is 5.91 Å². The van der Waals surface area contributed by atoms with Crippen molar-refractivity contribution in [2.24, 2.45) is 5.73 Å². The van der Waals surface area contributed by atoms with E-state index in [1.807, 2.05) is 12.1 Å². The van der Waals surface area contributed by atoms with Crippen LogP contribution in [-0.2, 0) is 4.79 Å². The first-order chi connectivity index (χ1) is 7.20. The van der Waals surface area contributed by atoms with Crippen molar-refractivity contribution in [3.05, 3.63) is 29.3 Å². The van der Waals surface area contributed by atoms with Gasteiger partial charge in [-0.25, -0.2) is 0 Å². The molecule has 0 radical (unpaired) electrons. The summed E-state index contributed by atoms with van der Waals surface area (Å²) < 4.78 is 10.5. The largest absolute Gasteiger partial charge is 0.497 e. The van der Waals surface area contributed by atoms with Gasteiger partial charge in [0.25, 0.3) is 0 Å². The molecule has 15 heavy (non-hydrogen) atoms. The lowest BCUT2D eigenvalue weighted by molar-refractivity contribution is -0.114. The van der Waals surface area contributed by atoms with E-state index in [0.29, 0.717) is 11.3 Å². The average molecular weight is 205 g/mol. The molecule has 0 aromatic heterocycles. The molecular weight excluding hydrogens is 194 g/mol. The highest BCUT2D eigenvalue weighted by atomic mass is 16.5. The molecule has 0 aliphatic carbocycles. The lowest BCUT2D eigenvalue weighted by Gasteiger charge is -2.16. The molecule has 0 spiro atoms. The normalized spacial score (nSPS) is 13.5. The lowest BCUT2D eigenvalue weighted by atomic mass is 10.1. The Morgan fingerprint density at radius 3 is 3.00 bits per heavy atom. The molecule has 78 valence electrons. The Morgan fingerprint density at radius 1 is 1.53 bits per heavy atom. The SMILES string of the molecule is COc1ccc2c(c1)OCC(C(N)=O)=C2. The molecule has 0 bridgehead atoms.